The summed E-state index contributed by atoms with van der Waals surface area (Å²) in [5.74, 6) is 1.57. The van der Waals surface area contributed by atoms with E-state index in [1.807, 2.05) is 35.9 Å². The van der Waals surface area contributed by atoms with Crippen molar-refractivity contribution in [2.24, 2.45) is 5.92 Å². The molecule has 0 radical (unpaired) electrons. The number of aromatic nitrogens is 2. The van der Waals surface area contributed by atoms with Crippen LogP contribution >= 0.6 is 0 Å². The van der Waals surface area contributed by atoms with Crippen LogP contribution in [-0.4, -0.2) is 28.4 Å². The largest absolute Gasteiger partial charge is 0.490 e. The molecule has 1 saturated carbocycles. The van der Waals surface area contributed by atoms with E-state index in [2.05, 4.69) is 10.3 Å². The summed E-state index contributed by atoms with van der Waals surface area (Å²) < 4.78 is 7.58. The van der Waals surface area contributed by atoms with E-state index < -0.39 is 0 Å². The lowest BCUT2D eigenvalue weighted by molar-refractivity contribution is -0.122. The summed E-state index contributed by atoms with van der Waals surface area (Å²) in [5.41, 5.74) is 1.81. The van der Waals surface area contributed by atoms with Crippen molar-refractivity contribution in [3.63, 3.8) is 0 Å². The number of imidazole rings is 1. The molecule has 1 fully saturated rings. The Morgan fingerprint density at radius 2 is 2.21 bits per heavy atom. The maximum absolute atomic E-state index is 12.1. The van der Waals surface area contributed by atoms with Gasteiger partial charge in [0, 0.05) is 31.8 Å². The van der Waals surface area contributed by atoms with Crippen LogP contribution in [0.15, 0.2) is 24.5 Å². The molecule has 1 amide bonds. The highest BCUT2D eigenvalue weighted by atomic mass is 16.5. The van der Waals surface area contributed by atoms with Crippen molar-refractivity contribution in [3.05, 3.63) is 30.2 Å². The summed E-state index contributed by atoms with van der Waals surface area (Å²) in [6, 6.07) is 3.89. The van der Waals surface area contributed by atoms with Gasteiger partial charge in [-0.15, -0.1) is 0 Å². The molecule has 1 N–H and O–H groups in total. The van der Waals surface area contributed by atoms with Crippen LogP contribution in [0.3, 0.4) is 0 Å². The first-order valence-electron chi connectivity index (χ1n) is 9.12. The van der Waals surface area contributed by atoms with Gasteiger partial charge in [-0.2, -0.15) is 0 Å². The van der Waals surface area contributed by atoms with Gasteiger partial charge in [0.25, 0.3) is 0 Å². The summed E-state index contributed by atoms with van der Waals surface area (Å²) >= 11 is 0. The second kappa shape index (κ2) is 8.18. The molecule has 0 spiro atoms. The molecule has 0 aromatic carbocycles. The third-order valence-corrected chi connectivity index (χ3v) is 4.70. The number of pyridine rings is 1. The minimum absolute atomic E-state index is 0.181. The fourth-order valence-electron chi connectivity index (χ4n) is 3.48. The van der Waals surface area contributed by atoms with Gasteiger partial charge in [-0.25, -0.2) is 4.98 Å². The van der Waals surface area contributed by atoms with Gasteiger partial charge in [-0.1, -0.05) is 19.3 Å². The van der Waals surface area contributed by atoms with Crippen LogP contribution in [0.2, 0.25) is 0 Å². The first-order chi connectivity index (χ1) is 11.8. The minimum Gasteiger partial charge on any atom is -0.490 e. The summed E-state index contributed by atoms with van der Waals surface area (Å²) in [4.78, 5) is 16.7. The normalized spacial score (nSPS) is 15.5. The molecule has 0 bridgehead atoms. The number of amides is 1. The fraction of sp³-hybridized carbons (Fsp3) is 0.579. The summed E-state index contributed by atoms with van der Waals surface area (Å²) in [6.45, 7) is 3.23. The maximum Gasteiger partial charge on any atom is 0.220 e. The van der Waals surface area contributed by atoms with E-state index in [-0.39, 0.29) is 5.91 Å². The Bertz CT molecular complexity index is 674. The van der Waals surface area contributed by atoms with E-state index in [0.717, 1.165) is 23.5 Å². The molecule has 0 aliphatic heterocycles. The number of hydrogen-bond acceptors (Lipinski definition) is 3. The van der Waals surface area contributed by atoms with Crippen molar-refractivity contribution in [2.75, 3.05) is 13.2 Å². The van der Waals surface area contributed by atoms with Crippen molar-refractivity contribution >= 4 is 11.6 Å². The number of rotatable bonds is 7. The third kappa shape index (κ3) is 4.28. The molecule has 5 heteroatoms. The Balaban J connectivity index is 1.50. The molecule has 3 rings (SSSR count). The Morgan fingerprint density at radius 1 is 1.38 bits per heavy atom. The Kier molecular flexibility index (Phi) is 5.72. The maximum atomic E-state index is 12.1. The molecule has 0 unspecified atom stereocenters. The lowest BCUT2D eigenvalue weighted by Crippen LogP contribution is -2.28. The molecular weight excluding hydrogens is 302 g/mol. The van der Waals surface area contributed by atoms with Gasteiger partial charge in [0.15, 0.2) is 11.4 Å². The minimum atomic E-state index is 0.181. The standard InChI is InChI=1S/C19H27N3O2/c1-2-24-17-9-6-12-22-14-16(21-19(17)22)10-11-20-18(23)13-15-7-4-3-5-8-15/h6,9,12,14-15H,2-5,7-8,10-11,13H2,1H3,(H,20,23). The van der Waals surface area contributed by atoms with Crippen LogP contribution in [0.25, 0.3) is 5.65 Å². The van der Waals surface area contributed by atoms with E-state index in [1.165, 1.54) is 32.1 Å². The molecule has 0 saturated heterocycles. The number of carbonyl (C=O) groups excluding carboxylic acids is 1. The first-order valence-corrected chi connectivity index (χ1v) is 9.12. The van der Waals surface area contributed by atoms with Crippen LogP contribution in [0.5, 0.6) is 5.75 Å². The second-order valence-electron chi connectivity index (χ2n) is 6.58. The van der Waals surface area contributed by atoms with E-state index in [4.69, 9.17) is 4.74 Å². The average Bonchev–Trinajstić information content (AvgIpc) is 3.00. The first kappa shape index (κ1) is 16.8. The Hall–Kier alpha value is -2.04. The third-order valence-electron chi connectivity index (χ3n) is 4.70. The molecule has 24 heavy (non-hydrogen) atoms. The highest BCUT2D eigenvalue weighted by molar-refractivity contribution is 5.76. The number of hydrogen-bond donors (Lipinski definition) is 1. The van der Waals surface area contributed by atoms with Gasteiger partial charge in [-0.3, -0.25) is 4.79 Å². The highest BCUT2D eigenvalue weighted by Crippen LogP contribution is 2.26. The lowest BCUT2D eigenvalue weighted by Gasteiger charge is -2.20. The van der Waals surface area contributed by atoms with Gasteiger partial charge >= 0.3 is 0 Å². The number of carbonyl (C=O) groups is 1. The van der Waals surface area contributed by atoms with Crippen molar-refractivity contribution in [1.82, 2.24) is 14.7 Å². The van der Waals surface area contributed by atoms with Crippen molar-refractivity contribution in [3.8, 4) is 5.75 Å². The lowest BCUT2D eigenvalue weighted by atomic mass is 9.87. The number of fused-ring (bicyclic) bond motifs is 1. The predicted octanol–water partition coefficient (Wildman–Crippen LogP) is 3.36. The molecule has 2 heterocycles. The zero-order chi connectivity index (χ0) is 16.8. The molecule has 2 aromatic heterocycles. The van der Waals surface area contributed by atoms with Gasteiger partial charge in [-0.05, 0) is 37.8 Å². The van der Waals surface area contributed by atoms with Crippen LogP contribution in [0.4, 0.5) is 0 Å². The van der Waals surface area contributed by atoms with Crippen LogP contribution in [0, 0.1) is 5.92 Å². The summed E-state index contributed by atoms with van der Waals surface area (Å²) in [7, 11) is 0. The average molecular weight is 329 g/mol. The van der Waals surface area contributed by atoms with Crippen LogP contribution in [-0.2, 0) is 11.2 Å². The zero-order valence-electron chi connectivity index (χ0n) is 14.5. The van der Waals surface area contributed by atoms with E-state index in [1.54, 1.807) is 0 Å². The van der Waals surface area contributed by atoms with E-state index >= 15 is 0 Å². The molecular formula is C19H27N3O2. The topological polar surface area (TPSA) is 55.6 Å². The molecule has 5 nitrogen and oxygen atoms in total. The fourth-order valence-corrected chi connectivity index (χ4v) is 3.48. The monoisotopic (exact) mass is 329 g/mol. The predicted molar refractivity (Wildman–Crippen MR) is 94.3 cm³/mol. The Morgan fingerprint density at radius 3 is 3.00 bits per heavy atom. The number of nitrogens with zero attached hydrogens (tertiary/aromatic N) is 2. The molecule has 130 valence electrons. The number of ether oxygens (including phenoxy) is 1. The van der Waals surface area contributed by atoms with E-state index in [9.17, 15) is 4.79 Å². The highest BCUT2D eigenvalue weighted by Gasteiger charge is 2.16. The Labute approximate surface area is 143 Å². The van der Waals surface area contributed by atoms with Gasteiger partial charge < -0.3 is 14.5 Å². The second-order valence-corrected chi connectivity index (χ2v) is 6.58. The van der Waals surface area contributed by atoms with Gasteiger partial charge in [0.05, 0.1) is 12.3 Å². The smallest absolute Gasteiger partial charge is 0.220 e. The molecule has 1 aliphatic carbocycles. The molecule has 0 atom stereocenters. The van der Waals surface area contributed by atoms with Crippen LogP contribution in [0.1, 0.15) is 51.1 Å². The molecule has 1 aliphatic rings. The summed E-state index contributed by atoms with van der Waals surface area (Å²) in [6.07, 6.45) is 11.7. The quantitative estimate of drug-likeness (QED) is 0.847. The summed E-state index contributed by atoms with van der Waals surface area (Å²) in [5, 5.41) is 3.04. The number of nitrogens with one attached hydrogen (secondary N) is 1. The van der Waals surface area contributed by atoms with Crippen LogP contribution < -0.4 is 10.1 Å². The zero-order valence-corrected chi connectivity index (χ0v) is 14.5. The van der Waals surface area contributed by atoms with Gasteiger partial charge in [0.1, 0.15) is 0 Å². The SMILES string of the molecule is CCOc1cccn2cc(CCNC(=O)CC3CCCCC3)nc12. The van der Waals surface area contributed by atoms with Gasteiger partial charge in [0.2, 0.25) is 5.91 Å². The van der Waals surface area contributed by atoms with Crippen molar-refractivity contribution in [1.29, 1.82) is 0 Å². The van der Waals surface area contributed by atoms with Crippen molar-refractivity contribution < 1.29 is 9.53 Å². The molecule has 2 aromatic rings. The van der Waals surface area contributed by atoms with E-state index in [0.29, 0.717) is 25.5 Å². The van der Waals surface area contributed by atoms with Crippen molar-refractivity contribution in [2.45, 2.75) is 51.9 Å².